The van der Waals surface area contributed by atoms with E-state index in [2.05, 4.69) is 9.72 Å². The summed E-state index contributed by atoms with van der Waals surface area (Å²) in [5, 5.41) is 11.3. The lowest BCUT2D eigenvalue weighted by atomic mass is 10.1. The number of rotatable bonds is 2. The molecule has 0 unspecified atom stereocenters. The molecule has 0 N–H and O–H groups in total. The van der Waals surface area contributed by atoms with Crippen molar-refractivity contribution in [3.63, 3.8) is 0 Å². The molecular weight excluding hydrogens is 226 g/mol. The van der Waals surface area contributed by atoms with E-state index in [-0.39, 0.29) is 11.3 Å². The van der Waals surface area contributed by atoms with Crippen LogP contribution in [0.2, 0.25) is 0 Å². The second-order valence-corrected chi connectivity index (χ2v) is 3.43. The van der Waals surface area contributed by atoms with Crippen molar-refractivity contribution in [1.82, 2.24) is 9.55 Å². The minimum absolute atomic E-state index is 0.0666. The van der Waals surface area contributed by atoms with Gasteiger partial charge in [0.15, 0.2) is 0 Å². The summed E-state index contributed by atoms with van der Waals surface area (Å²) in [7, 11) is 2.92. The Bertz CT molecular complexity index is 617. The highest BCUT2D eigenvalue weighted by molar-refractivity contribution is 6.06. The third kappa shape index (κ3) is 1.61. The molecule has 0 atom stereocenters. The zero-order valence-electron chi connectivity index (χ0n) is 9.21. The molecule has 0 fully saturated rings. The van der Waals surface area contributed by atoms with Crippen LogP contribution >= 0.6 is 0 Å². The number of methoxy groups -OCH3 is 1. The number of aryl methyl sites for hydroxylation is 1. The summed E-state index contributed by atoms with van der Waals surface area (Å²) >= 11 is 0. The van der Waals surface area contributed by atoms with Crippen molar-refractivity contribution >= 4 is 22.7 Å². The fourth-order valence-corrected chi connectivity index (χ4v) is 1.66. The third-order valence-electron chi connectivity index (χ3n) is 2.46. The summed E-state index contributed by atoms with van der Waals surface area (Å²) in [5.74, 6) is -0.740. The second kappa shape index (κ2) is 3.85. The van der Waals surface area contributed by atoms with Gasteiger partial charge in [0.25, 0.3) is 0 Å². The minimum Gasteiger partial charge on any atom is -0.465 e. The number of hydrogen-bond donors (Lipinski definition) is 0. The summed E-state index contributed by atoms with van der Waals surface area (Å²) in [4.78, 5) is 25.7. The number of fused-ring (bicyclic) bond motifs is 1. The van der Waals surface area contributed by atoms with Crippen molar-refractivity contribution in [3.05, 3.63) is 34.1 Å². The van der Waals surface area contributed by atoms with Crippen LogP contribution in [0.5, 0.6) is 0 Å². The quantitative estimate of drug-likeness (QED) is 0.444. The highest BCUT2D eigenvalue weighted by atomic mass is 16.6. The highest BCUT2D eigenvalue weighted by Crippen LogP contribution is 2.26. The monoisotopic (exact) mass is 235 g/mol. The molecule has 2 rings (SSSR count). The number of hydrogen-bond acceptors (Lipinski definition) is 5. The van der Waals surface area contributed by atoms with E-state index in [0.29, 0.717) is 11.0 Å². The smallest absolute Gasteiger partial charge is 0.345 e. The topological polar surface area (TPSA) is 87.3 Å². The van der Waals surface area contributed by atoms with Crippen LogP contribution < -0.4 is 0 Å². The predicted molar refractivity (Wildman–Crippen MR) is 58.7 cm³/mol. The molecule has 7 heteroatoms. The van der Waals surface area contributed by atoms with Gasteiger partial charge in [-0.1, -0.05) is 0 Å². The SMILES string of the molecule is COC(=O)c1c([N+](=O)[O-])cnc2c1ccn2C. The fourth-order valence-electron chi connectivity index (χ4n) is 1.66. The second-order valence-electron chi connectivity index (χ2n) is 3.43. The van der Waals surface area contributed by atoms with Crippen LogP contribution in [0.15, 0.2) is 18.5 Å². The van der Waals surface area contributed by atoms with Crippen LogP contribution in [0.4, 0.5) is 5.69 Å². The van der Waals surface area contributed by atoms with E-state index < -0.39 is 10.9 Å². The molecule has 0 aliphatic rings. The Balaban J connectivity index is 2.84. The van der Waals surface area contributed by atoms with Crippen LogP contribution in [-0.2, 0) is 11.8 Å². The number of ether oxygens (including phenoxy) is 1. The van der Waals surface area contributed by atoms with E-state index in [9.17, 15) is 14.9 Å². The molecule has 0 spiro atoms. The van der Waals surface area contributed by atoms with Gasteiger partial charge in [-0.25, -0.2) is 9.78 Å². The lowest BCUT2D eigenvalue weighted by Crippen LogP contribution is -2.07. The third-order valence-corrected chi connectivity index (χ3v) is 2.46. The Morgan fingerprint density at radius 2 is 2.29 bits per heavy atom. The van der Waals surface area contributed by atoms with Crippen LogP contribution in [0.25, 0.3) is 11.0 Å². The summed E-state index contributed by atoms with van der Waals surface area (Å²) in [5.41, 5.74) is 0.0784. The van der Waals surface area contributed by atoms with Crippen LogP contribution in [0, 0.1) is 10.1 Å². The summed E-state index contributed by atoms with van der Waals surface area (Å²) in [6.07, 6.45) is 2.74. The zero-order valence-corrected chi connectivity index (χ0v) is 9.21. The number of esters is 1. The van der Waals surface area contributed by atoms with Crippen molar-refractivity contribution < 1.29 is 14.5 Å². The van der Waals surface area contributed by atoms with Crippen LogP contribution in [0.3, 0.4) is 0 Å². The molecule has 7 nitrogen and oxygen atoms in total. The number of pyridine rings is 1. The molecule has 88 valence electrons. The average Bonchev–Trinajstić information content (AvgIpc) is 2.69. The van der Waals surface area contributed by atoms with Crippen molar-refractivity contribution in [1.29, 1.82) is 0 Å². The summed E-state index contributed by atoms with van der Waals surface area (Å²) < 4.78 is 6.24. The van der Waals surface area contributed by atoms with E-state index in [0.717, 1.165) is 6.20 Å². The first-order valence-electron chi connectivity index (χ1n) is 4.73. The summed E-state index contributed by atoms with van der Waals surface area (Å²) in [6, 6.07) is 1.60. The van der Waals surface area contributed by atoms with Crippen molar-refractivity contribution in [2.75, 3.05) is 7.11 Å². The van der Waals surface area contributed by atoms with Crippen molar-refractivity contribution in [2.45, 2.75) is 0 Å². The molecule has 0 aromatic carbocycles. The van der Waals surface area contributed by atoms with Gasteiger partial charge >= 0.3 is 11.7 Å². The van der Waals surface area contributed by atoms with Crippen molar-refractivity contribution in [2.24, 2.45) is 7.05 Å². The maximum atomic E-state index is 11.6. The lowest BCUT2D eigenvalue weighted by molar-refractivity contribution is -0.385. The minimum atomic E-state index is -0.740. The normalized spacial score (nSPS) is 10.5. The van der Waals surface area contributed by atoms with Crippen LogP contribution in [0.1, 0.15) is 10.4 Å². The standard InChI is InChI=1S/C10H9N3O4/c1-12-4-3-6-8(10(14)17-2)7(13(15)16)5-11-9(6)12/h3-5H,1-2H3. The molecule has 0 amide bonds. The Kier molecular flexibility index (Phi) is 2.51. The number of nitrogens with zero attached hydrogens (tertiary/aromatic N) is 3. The molecular formula is C10H9N3O4. The average molecular weight is 235 g/mol. The van der Waals surface area contributed by atoms with Gasteiger partial charge in [-0.3, -0.25) is 10.1 Å². The zero-order chi connectivity index (χ0) is 12.6. The lowest BCUT2D eigenvalue weighted by Gasteiger charge is -2.03. The van der Waals surface area contributed by atoms with E-state index in [1.54, 1.807) is 23.9 Å². The van der Waals surface area contributed by atoms with Gasteiger partial charge in [0.2, 0.25) is 0 Å². The highest BCUT2D eigenvalue weighted by Gasteiger charge is 2.25. The Hall–Kier alpha value is -2.44. The molecule has 0 bridgehead atoms. The van der Waals surface area contributed by atoms with Gasteiger partial charge in [0.1, 0.15) is 17.4 Å². The molecule has 2 aromatic heterocycles. The first-order chi connectivity index (χ1) is 8.06. The largest absolute Gasteiger partial charge is 0.465 e. The van der Waals surface area contributed by atoms with Crippen molar-refractivity contribution in [3.8, 4) is 0 Å². The first kappa shape index (κ1) is 11.1. The number of carbonyl (C=O) groups is 1. The van der Waals surface area contributed by atoms with Gasteiger partial charge in [-0.2, -0.15) is 0 Å². The molecule has 0 aliphatic carbocycles. The Morgan fingerprint density at radius 1 is 1.59 bits per heavy atom. The van der Waals surface area contributed by atoms with E-state index in [1.807, 2.05) is 0 Å². The Labute approximate surface area is 95.8 Å². The van der Waals surface area contributed by atoms with Gasteiger partial charge < -0.3 is 9.30 Å². The van der Waals surface area contributed by atoms with Gasteiger partial charge in [0, 0.05) is 18.6 Å². The van der Waals surface area contributed by atoms with Gasteiger partial charge in [0.05, 0.1) is 12.0 Å². The summed E-state index contributed by atoms with van der Waals surface area (Å²) in [6.45, 7) is 0. The number of nitro groups is 1. The number of carbonyl (C=O) groups excluding carboxylic acids is 1. The van der Waals surface area contributed by atoms with Gasteiger partial charge in [-0.15, -0.1) is 0 Å². The molecule has 2 heterocycles. The molecule has 17 heavy (non-hydrogen) atoms. The fraction of sp³-hybridized carbons (Fsp3) is 0.200. The van der Waals surface area contributed by atoms with E-state index in [1.165, 1.54) is 7.11 Å². The molecule has 0 radical (unpaired) electrons. The van der Waals surface area contributed by atoms with Gasteiger partial charge in [-0.05, 0) is 6.07 Å². The molecule has 0 saturated heterocycles. The molecule has 0 aliphatic heterocycles. The predicted octanol–water partition coefficient (Wildman–Crippen LogP) is 1.27. The number of aromatic nitrogens is 2. The van der Waals surface area contributed by atoms with E-state index >= 15 is 0 Å². The maximum absolute atomic E-state index is 11.6. The molecule has 0 saturated carbocycles. The Morgan fingerprint density at radius 3 is 2.88 bits per heavy atom. The maximum Gasteiger partial charge on any atom is 0.345 e. The van der Waals surface area contributed by atoms with Crippen LogP contribution in [-0.4, -0.2) is 27.6 Å². The van der Waals surface area contributed by atoms with E-state index in [4.69, 9.17) is 0 Å². The first-order valence-corrected chi connectivity index (χ1v) is 4.73. The molecule has 2 aromatic rings.